The summed E-state index contributed by atoms with van der Waals surface area (Å²) < 4.78 is 2.08. The summed E-state index contributed by atoms with van der Waals surface area (Å²) in [5.41, 5.74) is 6.33. The first-order valence-corrected chi connectivity index (χ1v) is 8.23. The standard InChI is InChI=1S/C12H21N3S2/c1-9-12(17-8-7-16-9)10(13)3-4-11-14-5-6-15(11)2/h5-6,9-10,12H,3-4,7-8,13H2,1-2H3. The van der Waals surface area contributed by atoms with E-state index in [1.165, 1.54) is 11.5 Å². The Bertz CT molecular complexity index is 353. The van der Waals surface area contributed by atoms with E-state index in [0.717, 1.165) is 18.7 Å². The van der Waals surface area contributed by atoms with E-state index in [1.807, 2.05) is 31.2 Å². The second-order valence-electron chi connectivity index (χ2n) is 4.57. The van der Waals surface area contributed by atoms with Crippen molar-refractivity contribution < 1.29 is 0 Å². The monoisotopic (exact) mass is 271 g/mol. The Morgan fingerprint density at radius 1 is 1.53 bits per heavy atom. The van der Waals surface area contributed by atoms with Crippen molar-refractivity contribution in [1.29, 1.82) is 0 Å². The van der Waals surface area contributed by atoms with Gasteiger partial charge in [-0.25, -0.2) is 4.98 Å². The van der Waals surface area contributed by atoms with Crippen LogP contribution in [0.1, 0.15) is 19.2 Å². The van der Waals surface area contributed by atoms with Crippen molar-refractivity contribution in [3.8, 4) is 0 Å². The Balaban J connectivity index is 1.84. The molecular formula is C12H21N3S2. The fourth-order valence-corrected chi connectivity index (χ4v) is 5.15. The van der Waals surface area contributed by atoms with Gasteiger partial charge in [-0.1, -0.05) is 6.92 Å². The SMILES string of the molecule is CC1SCCSC1C(N)CCc1nccn1C. The third-order valence-electron chi connectivity index (χ3n) is 3.28. The van der Waals surface area contributed by atoms with Crippen LogP contribution in [0.3, 0.4) is 0 Å². The first-order chi connectivity index (χ1) is 8.18. The van der Waals surface area contributed by atoms with E-state index in [2.05, 4.69) is 28.2 Å². The van der Waals surface area contributed by atoms with Crippen LogP contribution in [0, 0.1) is 0 Å². The summed E-state index contributed by atoms with van der Waals surface area (Å²) in [5, 5.41) is 1.29. The molecule has 1 aromatic heterocycles. The van der Waals surface area contributed by atoms with E-state index in [-0.39, 0.29) is 0 Å². The topological polar surface area (TPSA) is 43.8 Å². The Labute approximate surface area is 112 Å². The fraction of sp³-hybridized carbons (Fsp3) is 0.750. The van der Waals surface area contributed by atoms with Gasteiger partial charge in [0.1, 0.15) is 5.82 Å². The van der Waals surface area contributed by atoms with E-state index < -0.39 is 0 Å². The first-order valence-electron chi connectivity index (χ1n) is 6.13. The second-order valence-corrected chi connectivity index (χ2v) is 7.34. The highest BCUT2D eigenvalue weighted by Crippen LogP contribution is 2.33. The van der Waals surface area contributed by atoms with Gasteiger partial charge >= 0.3 is 0 Å². The Hall–Kier alpha value is -0.130. The predicted octanol–water partition coefficient (Wildman–Crippen LogP) is 1.92. The van der Waals surface area contributed by atoms with Gasteiger partial charge in [0.05, 0.1) is 0 Å². The van der Waals surface area contributed by atoms with Crippen LogP contribution < -0.4 is 5.73 Å². The molecule has 5 heteroatoms. The largest absolute Gasteiger partial charge is 0.338 e. The number of nitrogens with zero attached hydrogens (tertiary/aromatic N) is 2. The average Bonchev–Trinajstić information content (AvgIpc) is 2.72. The molecule has 1 aliphatic heterocycles. The van der Waals surface area contributed by atoms with Crippen molar-refractivity contribution in [2.24, 2.45) is 12.8 Å². The average molecular weight is 271 g/mol. The maximum Gasteiger partial charge on any atom is 0.108 e. The van der Waals surface area contributed by atoms with E-state index in [0.29, 0.717) is 16.5 Å². The normalized spacial score (nSPS) is 27.0. The minimum atomic E-state index is 0.291. The maximum absolute atomic E-state index is 6.33. The van der Waals surface area contributed by atoms with E-state index in [1.54, 1.807) is 0 Å². The molecule has 96 valence electrons. The molecule has 0 aromatic carbocycles. The molecule has 1 aliphatic rings. The quantitative estimate of drug-likeness (QED) is 0.908. The summed E-state index contributed by atoms with van der Waals surface area (Å²) in [6, 6.07) is 0.291. The fourth-order valence-electron chi connectivity index (χ4n) is 2.22. The van der Waals surface area contributed by atoms with Crippen LogP contribution in [0.25, 0.3) is 0 Å². The highest BCUT2D eigenvalue weighted by Gasteiger charge is 2.27. The lowest BCUT2D eigenvalue weighted by Gasteiger charge is -2.32. The van der Waals surface area contributed by atoms with Gasteiger partial charge in [0.2, 0.25) is 0 Å². The highest BCUT2D eigenvalue weighted by molar-refractivity contribution is 8.07. The van der Waals surface area contributed by atoms with Crippen LogP contribution in [0.5, 0.6) is 0 Å². The number of nitrogens with two attached hydrogens (primary N) is 1. The number of imidazole rings is 1. The number of aryl methyl sites for hydroxylation is 2. The molecule has 3 unspecified atom stereocenters. The second kappa shape index (κ2) is 6.16. The zero-order valence-electron chi connectivity index (χ0n) is 10.5. The van der Waals surface area contributed by atoms with Gasteiger partial charge in [0.15, 0.2) is 0 Å². The van der Waals surface area contributed by atoms with Gasteiger partial charge in [-0.3, -0.25) is 0 Å². The third kappa shape index (κ3) is 3.42. The zero-order valence-corrected chi connectivity index (χ0v) is 12.1. The Morgan fingerprint density at radius 3 is 2.94 bits per heavy atom. The van der Waals surface area contributed by atoms with E-state index in [4.69, 9.17) is 5.73 Å². The lowest BCUT2D eigenvalue weighted by molar-refractivity contribution is 0.564. The van der Waals surface area contributed by atoms with E-state index >= 15 is 0 Å². The van der Waals surface area contributed by atoms with Crippen LogP contribution in [0.15, 0.2) is 12.4 Å². The van der Waals surface area contributed by atoms with Crippen molar-refractivity contribution in [3.63, 3.8) is 0 Å². The lowest BCUT2D eigenvalue weighted by Crippen LogP contribution is -2.41. The molecule has 1 saturated heterocycles. The molecule has 0 amide bonds. The van der Waals surface area contributed by atoms with Gasteiger partial charge in [-0.05, 0) is 6.42 Å². The number of hydrogen-bond acceptors (Lipinski definition) is 4. The Kier molecular flexibility index (Phi) is 4.82. The van der Waals surface area contributed by atoms with Crippen LogP contribution >= 0.6 is 23.5 Å². The smallest absolute Gasteiger partial charge is 0.108 e. The molecule has 0 bridgehead atoms. The zero-order chi connectivity index (χ0) is 12.3. The minimum Gasteiger partial charge on any atom is -0.338 e. The molecule has 3 nitrogen and oxygen atoms in total. The van der Waals surface area contributed by atoms with Gasteiger partial charge < -0.3 is 10.3 Å². The van der Waals surface area contributed by atoms with E-state index in [9.17, 15) is 0 Å². The van der Waals surface area contributed by atoms with Crippen LogP contribution in [0.4, 0.5) is 0 Å². The minimum absolute atomic E-state index is 0.291. The summed E-state index contributed by atoms with van der Waals surface area (Å²) in [7, 11) is 2.04. The molecule has 1 aromatic rings. The molecule has 0 radical (unpaired) electrons. The molecule has 2 rings (SSSR count). The number of thioether (sulfide) groups is 2. The van der Waals surface area contributed by atoms with Crippen molar-refractivity contribution in [2.75, 3.05) is 11.5 Å². The highest BCUT2D eigenvalue weighted by atomic mass is 32.2. The van der Waals surface area contributed by atoms with Crippen molar-refractivity contribution >= 4 is 23.5 Å². The molecule has 17 heavy (non-hydrogen) atoms. The number of aromatic nitrogens is 2. The van der Waals surface area contributed by atoms with Crippen molar-refractivity contribution in [2.45, 2.75) is 36.3 Å². The molecule has 2 N–H and O–H groups in total. The van der Waals surface area contributed by atoms with Crippen molar-refractivity contribution in [3.05, 3.63) is 18.2 Å². The first kappa shape index (κ1) is 13.3. The number of rotatable bonds is 4. The molecular weight excluding hydrogens is 250 g/mol. The summed E-state index contributed by atoms with van der Waals surface area (Å²) >= 11 is 4.11. The van der Waals surface area contributed by atoms with Crippen molar-refractivity contribution in [1.82, 2.24) is 9.55 Å². The predicted molar refractivity (Wildman–Crippen MR) is 77.7 cm³/mol. The summed E-state index contributed by atoms with van der Waals surface area (Å²) in [4.78, 5) is 4.35. The molecule has 0 aliphatic carbocycles. The molecule has 0 spiro atoms. The van der Waals surface area contributed by atoms with Gasteiger partial charge in [0, 0.05) is 53.9 Å². The van der Waals surface area contributed by atoms with Crippen LogP contribution in [0.2, 0.25) is 0 Å². The molecule has 1 fully saturated rings. The van der Waals surface area contributed by atoms with Crippen LogP contribution in [-0.2, 0) is 13.5 Å². The molecule has 2 heterocycles. The molecule has 3 atom stereocenters. The third-order valence-corrected chi connectivity index (χ3v) is 6.55. The molecule has 0 saturated carbocycles. The maximum atomic E-state index is 6.33. The lowest BCUT2D eigenvalue weighted by atomic mass is 10.1. The van der Waals surface area contributed by atoms with Gasteiger partial charge in [0.25, 0.3) is 0 Å². The summed E-state index contributed by atoms with van der Waals surface area (Å²) in [6.07, 6.45) is 5.87. The van der Waals surface area contributed by atoms with Gasteiger partial charge in [-0.15, -0.1) is 0 Å². The Morgan fingerprint density at radius 2 is 2.29 bits per heavy atom. The summed E-state index contributed by atoms with van der Waals surface area (Å²) in [5.74, 6) is 3.66. The van der Waals surface area contributed by atoms with Gasteiger partial charge in [-0.2, -0.15) is 23.5 Å². The number of hydrogen-bond donors (Lipinski definition) is 1. The summed E-state index contributed by atoms with van der Waals surface area (Å²) in [6.45, 7) is 2.31. The van der Waals surface area contributed by atoms with Crippen LogP contribution in [-0.4, -0.2) is 37.6 Å².